The average Bonchev–Trinajstić information content (AvgIpc) is 2.79. The molecule has 2 aromatic carbocycles. The van der Waals surface area contributed by atoms with E-state index in [0.717, 1.165) is 22.4 Å². The van der Waals surface area contributed by atoms with E-state index >= 15 is 0 Å². The third-order valence-electron chi connectivity index (χ3n) is 5.48. The molecule has 1 aliphatic heterocycles. The Bertz CT molecular complexity index is 1100. The quantitative estimate of drug-likeness (QED) is 0.369. The van der Waals surface area contributed by atoms with Crippen molar-refractivity contribution in [2.24, 2.45) is 0 Å². The number of carbonyl (C=O) groups excluding carboxylic acids is 4. The van der Waals surface area contributed by atoms with E-state index in [1.165, 1.54) is 29.8 Å². The molecule has 3 rings (SSSR count). The molecule has 0 spiro atoms. The summed E-state index contributed by atoms with van der Waals surface area (Å²) in [4.78, 5) is 51.6. The van der Waals surface area contributed by atoms with Crippen LogP contribution in [0, 0.1) is 0 Å². The molecule has 0 unspecified atom stereocenters. The van der Waals surface area contributed by atoms with Gasteiger partial charge in [0.2, 0.25) is 0 Å². The summed E-state index contributed by atoms with van der Waals surface area (Å²) < 4.78 is 0. The van der Waals surface area contributed by atoms with Gasteiger partial charge in [-0.1, -0.05) is 43.3 Å². The molecular formula is C25H26N3NaO5. The predicted molar refractivity (Wildman–Crippen MR) is 121 cm³/mol. The van der Waals surface area contributed by atoms with Crippen LogP contribution >= 0.6 is 0 Å². The third-order valence-corrected chi connectivity index (χ3v) is 5.48. The number of hydrogen-bond donors (Lipinski definition) is 1. The Labute approximate surface area is 220 Å². The summed E-state index contributed by atoms with van der Waals surface area (Å²) in [6.07, 6.45) is 3.71. The molecule has 1 N–H and O–H groups in total. The standard InChI is InChI=1S/C25H27N3O5.Na/c1-3-18-8-4-5-9-19(18)15-17-7-6-10-20(16-17)28(25(33)26-13-11-22(30)31)23-21(29)12-14-27(2)24(23)32;/h4-10,12,14,16,23H,3,11,13,15H2,1-2H3,(H,26,33)(H,30,31);/q;+1/p-1/t23-;/m0./s1. The number of urea groups is 1. The number of anilines is 1. The van der Waals surface area contributed by atoms with Crippen LogP contribution < -0.4 is 44.9 Å². The van der Waals surface area contributed by atoms with E-state index in [4.69, 9.17) is 0 Å². The maximum atomic E-state index is 13.0. The molecule has 1 heterocycles. The van der Waals surface area contributed by atoms with Crippen molar-refractivity contribution >= 4 is 29.4 Å². The van der Waals surface area contributed by atoms with E-state index in [1.54, 1.807) is 18.2 Å². The Balaban J connectivity index is 0.00000408. The molecule has 0 aliphatic carbocycles. The number of aliphatic carboxylic acids is 1. The summed E-state index contributed by atoms with van der Waals surface area (Å²) >= 11 is 0. The Morgan fingerprint density at radius 1 is 1.09 bits per heavy atom. The van der Waals surface area contributed by atoms with E-state index in [1.807, 2.05) is 24.3 Å². The molecule has 0 bridgehead atoms. The van der Waals surface area contributed by atoms with E-state index in [0.29, 0.717) is 12.1 Å². The zero-order chi connectivity index (χ0) is 24.0. The van der Waals surface area contributed by atoms with Crippen molar-refractivity contribution in [1.29, 1.82) is 0 Å². The molecular weight excluding hydrogens is 445 g/mol. The molecule has 0 aromatic heterocycles. The molecule has 1 atom stereocenters. The van der Waals surface area contributed by atoms with Gasteiger partial charge < -0.3 is 20.1 Å². The number of amides is 3. The van der Waals surface area contributed by atoms with Gasteiger partial charge in [0.05, 0.1) is 0 Å². The molecule has 0 saturated carbocycles. The van der Waals surface area contributed by atoms with Gasteiger partial charge in [-0.15, -0.1) is 0 Å². The van der Waals surface area contributed by atoms with Gasteiger partial charge >= 0.3 is 35.6 Å². The molecule has 34 heavy (non-hydrogen) atoms. The van der Waals surface area contributed by atoms with Crippen LogP contribution in [-0.4, -0.2) is 48.2 Å². The van der Waals surface area contributed by atoms with Crippen molar-refractivity contribution in [3.63, 3.8) is 0 Å². The normalized spacial score (nSPS) is 15.0. The predicted octanol–water partition coefficient (Wildman–Crippen LogP) is -1.58. The Hall–Kier alpha value is -2.94. The number of rotatable bonds is 8. The van der Waals surface area contributed by atoms with Gasteiger partial charge in [0, 0.05) is 43.9 Å². The fraction of sp³-hybridized carbons (Fsp3) is 0.280. The number of nitrogens with zero attached hydrogens (tertiary/aromatic N) is 2. The first kappa shape index (κ1) is 27.3. The second-order valence-electron chi connectivity index (χ2n) is 7.76. The number of hydrogen-bond acceptors (Lipinski definition) is 5. The third kappa shape index (κ3) is 6.56. The van der Waals surface area contributed by atoms with Crippen LogP contribution in [0.25, 0.3) is 0 Å². The van der Waals surface area contributed by atoms with Crippen molar-refractivity contribution < 1.29 is 53.8 Å². The number of carboxylic acids is 1. The molecule has 172 valence electrons. The van der Waals surface area contributed by atoms with Crippen LogP contribution in [-0.2, 0) is 27.2 Å². The van der Waals surface area contributed by atoms with Crippen LogP contribution in [0.4, 0.5) is 10.5 Å². The van der Waals surface area contributed by atoms with Gasteiger partial charge in [-0.2, -0.15) is 0 Å². The summed E-state index contributed by atoms with van der Waals surface area (Å²) in [6, 6.07) is 13.0. The number of carbonyl (C=O) groups is 4. The Morgan fingerprint density at radius 3 is 2.47 bits per heavy atom. The van der Waals surface area contributed by atoms with E-state index in [2.05, 4.69) is 18.3 Å². The first-order chi connectivity index (χ1) is 15.8. The first-order valence-corrected chi connectivity index (χ1v) is 10.7. The Kier molecular flexibility index (Phi) is 10.0. The molecule has 0 radical (unpaired) electrons. The molecule has 2 aromatic rings. The van der Waals surface area contributed by atoms with Gasteiger partial charge in [0.1, 0.15) is 0 Å². The zero-order valence-corrected chi connectivity index (χ0v) is 21.6. The summed E-state index contributed by atoms with van der Waals surface area (Å²) in [5, 5.41) is 13.2. The van der Waals surface area contributed by atoms with Gasteiger partial charge in [-0.25, -0.2) is 4.79 Å². The minimum Gasteiger partial charge on any atom is -0.550 e. The van der Waals surface area contributed by atoms with Crippen LogP contribution in [0.5, 0.6) is 0 Å². The largest absolute Gasteiger partial charge is 1.00 e. The molecule has 1 aliphatic rings. The van der Waals surface area contributed by atoms with Gasteiger partial charge in [-0.3, -0.25) is 14.5 Å². The maximum Gasteiger partial charge on any atom is 1.00 e. The second kappa shape index (κ2) is 12.5. The van der Waals surface area contributed by atoms with E-state index in [9.17, 15) is 24.3 Å². The minimum absolute atomic E-state index is 0. The fourth-order valence-electron chi connectivity index (χ4n) is 3.75. The number of aryl methyl sites for hydroxylation is 1. The maximum absolute atomic E-state index is 13.0. The van der Waals surface area contributed by atoms with Crippen molar-refractivity contribution in [3.05, 3.63) is 77.5 Å². The van der Waals surface area contributed by atoms with Crippen molar-refractivity contribution in [2.75, 3.05) is 18.5 Å². The molecule has 0 fully saturated rings. The van der Waals surface area contributed by atoms with Crippen molar-refractivity contribution in [2.45, 2.75) is 32.2 Å². The van der Waals surface area contributed by atoms with Crippen LogP contribution in [0.1, 0.15) is 30.0 Å². The van der Waals surface area contributed by atoms with Gasteiger partial charge in [-0.05, 0) is 41.7 Å². The number of benzene rings is 2. The van der Waals surface area contributed by atoms with Gasteiger partial charge in [0.25, 0.3) is 5.91 Å². The topological polar surface area (TPSA) is 110 Å². The number of ketones is 1. The Morgan fingerprint density at radius 2 is 1.79 bits per heavy atom. The molecule has 3 amide bonds. The van der Waals surface area contributed by atoms with Crippen LogP contribution in [0.3, 0.4) is 0 Å². The van der Waals surface area contributed by atoms with E-state index in [-0.39, 0.29) is 42.5 Å². The van der Waals surface area contributed by atoms with Crippen molar-refractivity contribution in [1.82, 2.24) is 10.2 Å². The fourth-order valence-corrected chi connectivity index (χ4v) is 3.75. The summed E-state index contributed by atoms with van der Waals surface area (Å²) in [7, 11) is 1.50. The van der Waals surface area contributed by atoms with Crippen molar-refractivity contribution in [3.8, 4) is 0 Å². The molecule has 9 heteroatoms. The molecule has 8 nitrogen and oxygen atoms in total. The average molecular weight is 471 g/mol. The number of likely N-dealkylation sites (N-methyl/N-ethyl adjacent to an activating group) is 1. The second-order valence-corrected chi connectivity index (χ2v) is 7.76. The van der Waals surface area contributed by atoms with E-state index < -0.39 is 29.7 Å². The summed E-state index contributed by atoms with van der Waals surface area (Å²) in [6.45, 7) is 1.89. The SMILES string of the molecule is CCc1ccccc1Cc1cccc(N(C(=O)NCCC(=O)[O-])[C@H]2C(=O)C=CN(C)C2=O)c1.[Na+]. The zero-order valence-electron chi connectivity index (χ0n) is 19.6. The summed E-state index contributed by atoms with van der Waals surface area (Å²) in [5.74, 6) is -2.40. The van der Waals surface area contributed by atoms with Crippen LogP contribution in [0.15, 0.2) is 60.8 Å². The molecule has 0 saturated heterocycles. The summed E-state index contributed by atoms with van der Waals surface area (Å²) in [5.41, 5.74) is 3.63. The van der Waals surface area contributed by atoms with Gasteiger partial charge in [0.15, 0.2) is 11.8 Å². The number of nitrogens with one attached hydrogen (secondary N) is 1. The first-order valence-electron chi connectivity index (χ1n) is 10.7. The smallest absolute Gasteiger partial charge is 0.550 e. The van der Waals surface area contributed by atoms with Crippen LogP contribution in [0.2, 0.25) is 0 Å². The minimum atomic E-state index is -1.39. The monoisotopic (exact) mass is 471 g/mol. The number of carboxylic acid groups (broad SMARTS) is 1.